The fourth-order valence-corrected chi connectivity index (χ4v) is 4.17. The van der Waals surface area contributed by atoms with Crippen LogP contribution in [0.1, 0.15) is 31.7 Å². The second kappa shape index (κ2) is 5.33. The quantitative estimate of drug-likeness (QED) is 0.792. The van der Waals surface area contributed by atoms with Crippen LogP contribution in [0.15, 0.2) is 30.3 Å². The second-order valence-electron chi connectivity index (χ2n) is 7.04. The van der Waals surface area contributed by atoms with Crippen LogP contribution in [-0.4, -0.2) is 57.2 Å². The van der Waals surface area contributed by atoms with Crippen molar-refractivity contribution in [3.8, 4) is 0 Å². The van der Waals surface area contributed by atoms with Crippen molar-refractivity contribution in [3.63, 3.8) is 0 Å². The van der Waals surface area contributed by atoms with Gasteiger partial charge in [-0.3, -0.25) is 9.59 Å². The number of urea groups is 1. The number of benzene rings is 1. The molecule has 0 unspecified atom stereocenters. The molecule has 3 fully saturated rings. The molecular weight excluding hydrogens is 306 g/mol. The fourth-order valence-electron chi connectivity index (χ4n) is 4.17. The van der Waals surface area contributed by atoms with E-state index < -0.39 is 11.6 Å². The minimum atomic E-state index is -0.746. The fraction of sp³-hybridized carbons (Fsp3) is 0.500. The Balaban J connectivity index is 1.53. The number of carbonyl (C=O) groups is 3. The Bertz CT molecular complexity index is 705. The van der Waals surface area contributed by atoms with Crippen molar-refractivity contribution in [2.24, 2.45) is 0 Å². The van der Waals surface area contributed by atoms with Crippen molar-refractivity contribution >= 4 is 17.8 Å². The SMILES string of the molecule is C[C@]12CCCN1C(=O)N([C@H]1CCN(Cc3ccccc3)C1=O)C2=O. The molecule has 6 nitrogen and oxygen atoms in total. The van der Waals surface area contributed by atoms with Crippen molar-refractivity contribution in [1.29, 1.82) is 0 Å². The molecule has 0 N–H and O–H groups in total. The van der Waals surface area contributed by atoms with Crippen LogP contribution in [0.2, 0.25) is 0 Å². The van der Waals surface area contributed by atoms with Gasteiger partial charge in [0.05, 0.1) is 0 Å². The number of imide groups is 1. The van der Waals surface area contributed by atoms with Crippen LogP contribution in [0, 0.1) is 0 Å². The van der Waals surface area contributed by atoms with Gasteiger partial charge in [-0.15, -0.1) is 0 Å². The summed E-state index contributed by atoms with van der Waals surface area (Å²) in [6, 6.07) is 8.84. The molecule has 0 spiro atoms. The van der Waals surface area contributed by atoms with E-state index in [2.05, 4.69) is 0 Å². The van der Waals surface area contributed by atoms with Gasteiger partial charge in [-0.1, -0.05) is 30.3 Å². The third-order valence-corrected chi connectivity index (χ3v) is 5.55. The first-order chi connectivity index (χ1) is 11.5. The van der Waals surface area contributed by atoms with Gasteiger partial charge in [-0.2, -0.15) is 0 Å². The Labute approximate surface area is 141 Å². The topological polar surface area (TPSA) is 60.9 Å². The van der Waals surface area contributed by atoms with Crippen LogP contribution in [0.3, 0.4) is 0 Å². The van der Waals surface area contributed by atoms with Crippen LogP contribution >= 0.6 is 0 Å². The maximum absolute atomic E-state index is 12.8. The van der Waals surface area contributed by atoms with E-state index in [1.807, 2.05) is 37.3 Å². The lowest BCUT2D eigenvalue weighted by Gasteiger charge is -2.23. The number of carbonyl (C=O) groups excluding carboxylic acids is 3. The van der Waals surface area contributed by atoms with E-state index in [9.17, 15) is 14.4 Å². The molecule has 3 heterocycles. The van der Waals surface area contributed by atoms with Gasteiger partial charge in [0, 0.05) is 19.6 Å². The summed E-state index contributed by atoms with van der Waals surface area (Å²) in [5, 5.41) is 0. The predicted octanol–water partition coefficient (Wildman–Crippen LogP) is 1.60. The zero-order chi connectivity index (χ0) is 16.9. The minimum Gasteiger partial charge on any atom is -0.336 e. The number of hydrogen-bond acceptors (Lipinski definition) is 3. The molecule has 1 aromatic carbocycles. The van der Waals surface area contributed by atoms with Crippen LogP contribution < -0.4 is 0 Å². The standard InChI is InChI=1S/C18H21N3O3/c1-18-9-5-10-20(18)17(24)21(16(18)23)14-8-11-19(15(14)22)12-13-6-3-2-4-7-13/h2-4,6-7,14H,5,8-12H2,1H3/t14-,18+/m0/s1. The number of hydrogen-bond donors (Lipinski definition) is 0. The summed E-state index contributed by atoms with van der Waals surface area (Å²) in [4.78, 5) is 42.9. The molecule has 3 saturated heterocycles. The van der Waals surface area contributed by atoms with E-state index >= 15 is 0 Å². The number of likely N-dealkylation sites (tertiary alicyclic amines) is 1. The molecule has 0 aromatic heterocycles. The first-order valence-corrected chi connectivity index (χ1v) is 8.50. The summed E-state index contributed by atoms with van der Waals surface area (Å²) in [7, 11) is 0. The first-order valence-electron chi connectivity index (χ1n) is 8.50. The summed E-state index contributed by atoms with van der Waals surface area (Å²) in [6.45, 7) is 3.52. The van der Waals surface area contributed by atoms with Crippen molar-refractivity contribution in [1.82, 2.24) is 14.7 Å². The molecule has 0 bridgehead atoms. The van der Waals surface area contributed by atoms with Gasteiger partial charge in [-0.25, -0.2) is 9.69 Å². The zero-order valence-electron chi connectivity index (χ0n) is 13.8. The lowest BCUT2D eigenvalue weighted by atomic mass is 9.99. The molecule has 3 aliphatic heterocycles. The number of amides is 4. The van der Waals surface area contributed by atoms with Crippen molar-refractivity contribution in [2.45, 2.75) is 44.3 Å². The Morgan fingerprint density at radius 1 is 1.12 bits per heavy atom. The van der Waals surface area contributed by atoms with E-state index in [1.54, 1.807) is 9.80 Å². The highest BCUT2D eigenvalue weighted by Crippen LogP contribution is 2.39. The number of fused-ring (bicyclic) bond motifs is 1. The molecule has 1 aromatic rings. The van der Waals surface area contributed by atoms with Crippen molar-refractivity contribution in [2.75, 3.05) is 13.1 Å². The smallest absolute Gasteiger partial charge is 0.328 e. The van der Waals surface area contributed by atoms with Crippen molar-refractivity contribution < 1.29 is 14.4 Å². The summed E-state index contributed by atoms with van der Waals surface area (Å²) < 4.78 is 0. The van der Waals surface area contributed by atoms with Gasteiger partial charge in [0.15, 0.2) is 0 Å². The maximum Gasteiger partial charge on any atom is 0.328 e. The van der Waals surface area contributed by atoms with Crippen LogP contribution in [0.4, 0.5) is 4.79 Å². The Kier molecular flexibility index (Phi) is 3.37. The van der Waals surface area contributed by atoms with Gasteiger partial charge in [0.25, 0.3) is 5.91 Å². The molecule has 4 amide bonds. The number of nitrogens with zero attached hydrogens (tertiary/aromatic N) is 3. The summed E-state index contributed by atoms with van der Waals surface area (Å²) in [5.41, 5.74) is 0.308. The molecule has 6 heteroatoms. The van der Waals surface area contributed by atoms with E-state index in [0.717, 1.165) is 12.0 Å². The maximum atomic E-state index is 12.8. The molecule has 24 heavy (non-hydrogen) atoms. The predicted molar refractivity (Wildman–Crippen MR) is 86.9 cm³/mol. The monoisotopic (exact) mass is 327 g/mol. The highest BCUT2D eigenvalue weighted by atomic mass is 16.2. The van der Waals surface area contributed by atoms with Gasteiger partial charge < -0.3 is 9.80 Å². The van der Waals surface area contributed by atoms with E-state index in [4.69, 9.17) is 0 Å². The summed E-state index contributed by atoms with van der Waals surface area (Å²) in [5.74, 6) is -0.324. The van der Waals surface area contributed by atoms with Crippen LogP contribution in [-0.2, 0) is 16.1 Å². The lowest BCUT2D eigenvalue weighted by Crippen LogP contribution is -2.47. The third-order valence-electron chi connectivity index (χ3n) is 5.55. The largest absolute Gasteiger partial charge is 0.336 e. The van der Waals surface area contributed by atoms with Crippen LogP contribution in [0.25, 0.3) is 0 Å². The molecule has 126 valence electrons. The highest BCUT2D eigenvalue weighted by Gasteiger charge is 2.59. The van der Waals surface area contributed by atoms with Crippen molar-refractivity contribution in [3.05, 3.63) is 35.9 Å². The molecule has 0 radical (unpaired) electrons. The highest BCUT2D eigenvalue weighted by molar-refractivity contribution is 6.10. The molecule has 0 aliphatic carbocycles. The normalized spacial score (nSPS) is 29.8. The van der Waals surface area contributed by atoms with E-state index in [0.29, 0.717) is 32.5 Å². The number of rotatable bonds is 3. The average Bonchev–Trinajstić information content (AvgIpc) is 3.18. The Morgan fingerprint density at radius 2 is 1.88 bits per heavy atom. The summed E-state index contributed by atoms with van der Waals surface area (Å²) >= 11 is 0. The molecule has 0 saturated carbocycles. The van der Waals surface area contributed by atoms with E-state index in [1.165, 1.54) is 4.90 Å². The molecule has 4 rings (SSSR count). The second-order valence-corrected chi connectivity index (χ2v) is 7.04. The van der Waals surface area contributed by atoms with E-state index in [-0.39, 0.29) is 17.8 Å². The van der Waals surface area contributed by atoms with Gasteiger partial charge in [0.2, 0.25) is 5.91 Å². The zero-order valence-corrected chi connectivity index (χ0v) is 13.8. The van der Waals surface area contributed by atoms with Gasteiger partial charge in [0.1, 0.15) is 11.6 Å². The lowest BCUT2D eigenvalue weighted by molar-refractivity contribution is -0.140. The molecule has 3 aliphatic rings. The average molecular weight is 327 g/mol. The summed E-state index contributed by atoms with van der Waals surface area (Å²) in [6.07, 6.45) is 2.05. The Morgan fingerprint density at radius 3 is 2.58 bits per heavy atom. The third kappa shape index (κ3) is 2.05. The van der Waals surface area contributed by atoms with Gasteiger partial charge in [-0.05, 0) is 31.7 Å². The first kappa shape index (κ1) is 15.2. The Hall–Kier alpha value is -2.37. The molecular formula is C18H21N3O3. The van der Waals surface area contributed by atoms with Crippen LogP contribution in [0.5, 0.6) is 0 Å². The van der Waals surface area contributed by atoms with Gasteiger partial charge >= 0.3 is 6.03 Å². The molecule has 2 atom stereocenters. The minimum absolute atomic E-state index is 0.120.